The summed E-state index contributed by atoms with van der Waals surface area (Å²) < 4.78 is 60.7. The molecule has 0 fully saturated rings. The molecule has 0 N–H and O–H groups in total. The second kappa shape index (κ2) is 4.16. The van der Waals surface area contributed by atoms with Crippen molar-refractivity contribution in [3.8, 4) is 5.75 Å². The number of pyridine rings is 1. The molecule has 0 spiro atoms. The van der Waals surface area contributed by atoms with Gasteiger partial charge in [0.1, 0.15) is 6.20 Å². The summed E-state index contributed by atoms with van der Waals surface area (Å²) in [7, 11) is -5.94. The van der Waals surface area contributed by atoms with E-state index in [1.54, 1.807) is 0 Å². The van der Waals surface area contributed by atoms with E-state index in [0.29, 0.717) is 12.3 Å². The first-order chi connectivity index (χ1) is 7.65. The van der Waals surface area contributed by atoms with Crippen LogP contribution in [-0.4, -0.2) is 23.8 Å². The molecule has 1 rings (SSSR count). The molecule has 0 saturated carbocycles. The third-order valence-corrected chi connectivity index (χ3v) is 2.41. The lowest BCUT2D eigenvalue weighted by Crippen LogP contribution is -2.28. The van der Waals surface area contributed by atoms with E-state index in [1.807, 2.05) is 0 Å². The van der Waals surface area contributed by atoms with Gasteiger partial charge in [-0.15, -0.1) is 0 Å². The SMILES string of the molecule is O=[N+]([O-])c1cnccc1OS(=O)(=O)C(F)(F)F. The van der Waals surface area contributed by atoms with Crippen molar-refractivity contribution in [2.75, 3.05) is 0 Å². The van der Waals surface area contributed by atoms with Crippen molar-refractivity contribution in [2.45, 2.75) is 5.51 Å². The molecular weight excluding hydrogens is 269 g/mol. The number of rotatable bonds is 3. The summed E-state index contributed by atoms with van der Waals surface area (Å²) in [6, 6.07) is 0.640. The summed E-state index contributed by atoms with van der Waals surface area (Å²) in [6.45, 7) is 0. The van der Waals surface area contributed by atoms with Gasteiger partial charge in [-0.3, -0.25) is 15.1 Å². The molecule has 0 amide bonds. The Labute approximate surface area is 92.1 Å². The van der Waals surface area contributed by atoms with Gasteiger partial charge in [0, 0.05) is 12.3 Å². The summed E-state index contributed by atoms with van der Waals surface area (Å²) in [6.07, 6.45) is 1.43. The molecule has 0 aromatic carbocycles. The minimum Gasteiger partial charge on any atom is -0.368 e. The molecule has 94 valence electrons. The van der Waals surface area contributed by atoms with Crippen LogP contribution in [0.3, 0.4) is 0 Å². The summed E-state index contributed by atoms with van der Waals surface area (Å²) >= 11 is 0. The van der Waals surface area contributed by atoms with Crippen LogP contribution in [-0.2, 0) is 10.1 Å². The van der Waals surface area contributed by atoms with Crippen LogP contribution < -0.4 is 4.18 Å². The van der Waals surface area contributed by atoms with Crippen molar-refractivity contribution < 1.29 is 30.7 Å². The smallest absolute Gasteiger partial charge is 0.368 e. The lowest BCUT2D eigenvalue weighted by atomic mass is 10.4. The fourth-order valence-electron chi connectivity index (χ4n) is 0.746. The van der Waals surface area contributed by atoms with Crippen molar-refractivity contribution in [1.82, 2.24) is 4.98 Å². The zero-order valence-corrected chi connectivity index (χ0v) is 8.53. The fourth-order valence-corrected chi connectivity index (χ4v) is 1.22. The number of halogens is 3. The van der Waals surface area contributed by atoms with Crippen LogP contribution >= 0.6 is 0 Å². The molecule has 0 aliphatic rings. The maximum Gasteiger partial charge on any atom is 0.534 e. The molecule has 0 atom stereocenters. The summed E-state index contributed by atoms with van der Waals surface area (Å²) in [5.74, 6) is -1.05. The highest BCUT2D eigenvalue weighted by atomic mass is 32.2. The van der Waals surface area contributed by atoms with E-state index in [1.165, 1.54) is 0 Å². The molecule has 7 nitrogen and oxygen atoms in total. The highest BCUT2D eigenvalue weighted by Gasteiger charge is 2.49. The van der Waals surface area contributed by atoms with E-state index >= 15 is 0 Å². The third kappa shape index (κ3) is 2.81. The van der Waals surface area contributed by atoms with E-state index < -0.39 is 32.0 Å². The average Bonchev–Trinajstić information content (AvgIpc) is 2.15. The lowest BCUT2D eigenvalue weighted by Gasteiger charge is -2.08. The second-order valence-electron chi connectivity index (χ2n) is 2.58. The Hall–Kier alpha value is -1.91. The average molecular weight is 272 g/mol. The Bertz CT molecular complexity index is 541. The highest BCUT2D eigenvalue weighted by Crippen LogP contribution is 2.31. The maximum atomic E-state index is 12.0. The second-order valence-corrected chi connectivity index (χ2v) is 4.12. The number of nitrogens with zero attached hydrogens (tertiary/aromatic N) is 2. The van der Waals surface area contributed by atoms with Gasteiger partial charge in [-0.2, -0.15) is 21.6 Å². The molecule has 0 radical (unpaired) electrons. The van der Waals surface area contributed by atoms with E-state index in [2.05, 4.69) is 9.17 Å². The first-order valence-electron chi connectivity index (χ1n) is 3.74. The number of alkyl halides is 3. The molecule has 1 aromatic heterocycles. The van der Waals surface area contributed by atoms with E-state index in [0.717, 1.165) is 6.20 Å². The van der Waals surface area contributed by atoms with Crippen LogP contribution in [0, 0.1) is 10.1 Å². The van der Waals surface area contributed by atoms with Crippen LogP contribution in [0.25, 0.3) is 0 Å². The number of nitro groups is 1. The standard InChI is InChI=1S/C6H3F3N2O5S/c7-6(8,9)17(14,15)16-5-1-2-10-3-4(5)11(12)13/h1-3H. The molecule has 1 heterocycles. The minimum absolute atomic E-state index is 0.571. The Balaban J connectivity index is 3.18. The number of aromatic nitrogens is 1. The molecule has 0 bridgehead atoms. The number of hydrogen-bond acceptors (Lipinski definition) is 6. The van der Waals surface area contributed by atoms with Crippen LogP contribution in [0.15, 0.2) is 18.5 Å². The zero-order chi connectivity index (χ0) is 13.3. The van der Waals surface area contributed by atoms with E-state index in [-0.39, 0.29) is 0 Å². The van der Waals surface area contributed by atoms with Gasteiger partial charge in [-0.1, -0.05) is 0 Å². The van der Waals surface area contributed by atoms with Gasteiger partial charge in [0.2, 0.25) is 5.75 Å². The fraction of sp³-hybridized carbons (Fsp3) is 0.167. The van der Waals surface area contributed by atoms with Crippen LogP contribution in [0.2, 0.25) is 0 Å². The van der Waals surface area contributed by atoms with Gasteiger partial charge in [-0.25, -0.2) is 0 Å². The van der Waals surface area contributed by atoms with Gasteiger partial charge < -0.3 is 4.18 Å². The monoisotopic (exact) mass is 272 g/mol. The first kappa shape index (κ1) is 13.2. The number of hydrogen-bond donors (Lipinski definition) is 0. The van der Waals surface area contributed by atoms with Gasteiger partial charge in [-0.05, 0) is 0 Å². The Kier molecular flexibility index (Phi) is 3.22. The van der Waals surface area contributed by atoms with Gasteiger partial charge >= 0.3 is 21.3 Å². The van der Waals surface area contributed by atoms with Crippen molar-refractivity contribution in [3.05, 3.63) is 28.6 Å². The molecule has 17 heavy (non-hydrogen) atoms. The third-order valence-electron chi connectivity index (χ3n) is 1.44. The molecule has 0 aliphatic heterocycles. The van der Waals surface area contributed by atoms with Crippen molar-refractivity contribution in [2.24, 2.45) is 0 Å². The molecule has 0 aliphatic carbocycles. The van der Waals surface area contributed by atoms with Crippen LogP contribution in [0.5, 0.6) is 5.75 Å². The molecule has 0 unspecified atom stereocenters. The summed E-state index contributed by atoms with van der Waals surface area (Å²) in [5.41, 5.74) is -6.65. The quantitative estimate of drug-likeness (QED) is 0.355. The Morgan fingerprint density at radius 3 is 2.47 bits per heavy atom. The van der Waals surface area contributed by atoms with Crippen molar-refractivity contribution in [3.63, 3.8) is 0 Å². The molecule has 1 aromatic rings. The largest absolute Gasteiger partial charge is 0.534 e. The summed E-state index contributed by atoms with van der Waals surface area (Å²) in [4.78, 5) is 12.5. The van der Waals surface area contributed by atoms with E-state index in [9.17, 15) is 31.7 Å². The zero-order valence-electron chi connectivity index (χ0n) is 7.71. The topological polar surface area (TPSA) is 99.4 Å². The predicted molar refractivity (Wildman–Crippen MR) is 46.5 cm³/mol. The molecular formula is C6H3F3N2O5S. The van der Waals surface area contributed by atoms with Crippen molar-refractivity contribution in [1.29, 1.82) is 0 Å². The van der Waals surface area contributed by atoms with Gasteiger partial charge in [0.15, 0.2) is 0 Å². The van der Waals surface area contributed by atoms with Gasteiger partial charge in [0.05, 0.1) is 4.92 Å². The minimum atomic E-state index is -5.94. The highest BCUT2D eigenvalue weighted by molar-refractivity contribution is 7.88. The molecule has 0 saturated heterocycles. The van der Waals surface area contributed by atoms with Crippen molar-refractivity contribution >= 4 is 15.8 Å². The lowest BCUT2D eigenvalue weighted by molar-refractivity contribution is -0.385. The van der Waals surface area contributed by atoms with Gasteiger partial charge in [0.25, 0.3) is 0 Å². The van der Waals surface area contributed by atoms with Crippen LogP contribution in [0.1, 0.15) is 0 Å². The maximum absolute atomic E-state index is 12.0. The normalized spacial score (nSPS) is 12.2. The molecule has 11 heteroatoms. The van der Waals surface area contributed by atoms with Crippen LogP contribution in [0.4, 0.5) is 18.9 Å². The van der Waals surface area contributed by atoms with E-state index in [4.69, 9.17) is 0 Å². The Morgan fingerprint density at radius 1 is 1.41 bits per heavy atom. The first-order valence-corrected chi connectivity index (χ1v) is 5.15. The Morgan fingerprint density at radius 2 is 2.00 bits per heavy atom. The summed E-state index contributed by atoms with van der Waals surface area (Å²) in [5, 5.41) is 10.4. The predicted octanol–water partition coefficient (Wildman–Crippen LogP) is 1.22.